The SMILES string of the molecule is CCOC(=O)c1c(C)cc2c(c1C)c(=O)n(-c1ccccc1Cl)c(=O)n2CCCN. The van der Waals surface area contributed by atoms with Crippen molar-refractivity contribution in [2.75, 3.05) is 13.2 Å². The average Bonchev–Trinajstić information content (AvgIpc) is 2.69. The number of carbonyl (C=O) groups is 1. The van der Waals surface area contributed by atoms with Crippen LogP contribution < -0.4 is 17.0 Å². The van der Waals surface area contributed by atoms with E-state index in [9.17, 15) is 14.4 Å². The van der Waals surface area contributed by atoms with Crippen LogP contribution in [-0.2, 0) is 11.3 Å². The molecule has 0 saturated heterocycles. The zero-order chi connectivity index (χ0) is 22.0. The van der Waals surface area contributed by atoms with E-state index in [1.165, 1.54) is 4.57 Å². The zero-order valence-electron chi connectivity index (χ0n) is 17.2. The third-order valence-electron chi connectivity index (χ3n) is 5.04. The van der Waals surface area contributed by atoms with Gasteiger partial charge in [-0.2, -0.15) is 0 Å². The second-order valence-corrected chi connectivity index (χ2v) is 7.38. The Balaban J connectivity index is 2.50. The van der Waals surface area contributed by atoms with Crippen molar-refractivity contribution in [1.29, 1.82) is 0 Å². The quantitative estimate of drug-likeness (QED) is 0.607. The first-order valence-electron chi connectivity index (χ1n) is 9.75. The van der Waals surface area contributed by atoms with Gasteiger partial charge in [0.1, 0.15) is 0 Å². The summed E-state index contributed by atoms with van der Waals surface area (Å²) in [4.78, 5) is 39.4. The Labute approximate surface area is 178 Å². The van der Waals surface area contributed by atoms with Gasteiger partial charge in [0, 0.05) is 6.54 Å². The predicted octanol–water partition coefficient (Wildman–Crippen LogP) is 2.95. The molecule has 30 heavy (non-hydrogen) atoms. The minimum absolute atomic E-state index is 0.218. The van der Waals surface area contributed by atoms with Crippen LogP contribution in [0.15, 0.2) is 39.9 Å². The number of hydrogen-bond acceptors (Lipinski definition) is 5. The molecule has 0 atom stereocenters. The molecule has 0 aliphatic carbocycles. The third kappa shape index (κ3) is 3.66. The van der Waals surface area contributed by atoms with Gasteiger partial charge in [0.05, 0.1) is 33.8 Å². The molecular formula is C22H24ClN3O4. The van der Waals surface area contributed by atoms with Crippen molar-refractivity contribution in [3.63, 3.8) is 0 Å². The monoisotopic (exact) mass is 429 g/mol. The largest absolute Gasteiger partial charge is 0.462 e. The van der Waals surface area contributed by atoms with E-state index in [0.717, 1.165) is 4.57 Å². The van der Waals surface area contributed by atoms with Crippen LogP contribution in [0, 0.1) is 13.8 Å². The van der Waals surface area contributed by atoms with E-state index in [2.05, 4.69) is 0 Å². The van der Waals surface area contributed by atoms with Crippen LogP contribution >= 0.6 is 11.6 Å². The van der Waals surface area contributed by atoms with Gasteiger partial charge in [0.25, 0.3) is 5.56 Å². The minimum Gasteiger partial charge on any atom is -0.462 e. The number of nitrogens with two attached hydrogens (primary N) is 1. The van der Waals surface area contributed by atoms with E-state index >= 15 is 0 Å². The number of para-hydroxylation sites is 1. The van der Waals surface area contributed by atoms with Crippen molar-refractivity contribution in [2.24, 2.45) is 5.73 Å². The number of benzene rings is 2. The fraction of sp³-hybridized carbons (Fsp3) is 0.318. The number of hydrogen-bond donors (Lipinski definition) is 1. The lowest BCUT2D eigenvalue weighted by Gasteiger charge is -2.18. The highest BCUT2D eigenvalue weighted by molar-refractivity contribution is 6.32. The van der Waals surface area contributed by atoms with Gasteiger partial charge in [-0.1, -0.05) is 23.7 Å². The maximum atomic E-state index is 13.5. The Hall–Kier alpha value is -2.90. The summed E-state index contributed by atoms with van der Waals surface area (Å²) in [7, 11) is 0. The fourth-order valence-electron chi connectivity index (χ4n) is 3.70. The first-order valence-corrected chi connectivity index (χ1v) is 10.1. The number of ether oxygens (including phenoxy) is 1. The zero-order valence-corrected chi connectivity index (χ0v) is 18.0. The maximum Gasteiger partial charge on any atom is 0.338 e. The standard InChI is InChI=1S/C22H24ClN3O4/c1-4-30-21(28)18-13(2)12-17-19(14(18)3)20(27)26(16-9-6-5-8-15(16)23)22(29)25(17)11-7-10-24/h5-6,8-9,12H,4,7,10-11,24H2,1-3H3. The Bertz CT molecular complexity index is 1240. The van der Waals surface area contributed by atoms with E-state index in [1.807, 2.05) is 0 Å². The number of halogens is 1. The van der Waals surface area contributed by atoms with Crippen molar-refractivity contribution < 1.29 is 9.53 Å². The molecular weight excluding hydrogens is 406 g/mol. The molecule has 3 aromatic rings. The highest BCUT2D eigenvalue weighted by Gasteiger charge is 2.23. The van der Waals surface area contributed by atoms with Crippen LogP contribution in [0.5, 0.6) is 0 Å². The summed E-state index contributed by atoms with van der Waals surface area (Å²) in [6.07, 6.45) is 0.549. The number of aryl methyl sites for hydroxylation is 3. The van der Waals surface area contributed by atoms with Gasteiger partial charge in [0.2, 0.25) is 0 Å². The Morgan fingerprint density at radius 1 is 1.20 bits per heavy atom. The highest BCUT2D eigenvalue weighted by atomic mass is 35.5. The molecule has 0 fully saturated rings. The Morgan fingerprint density at radius 3 is 2.53 bits per heavy atom. The van der Waals surface area contributed by atoms with Gasteiger partial charge in [-0.05, 0) is 63.1 Å². The smallest absolute Gasteiger partial charge is 0.338 e. The molecule has 0 amide bonds. The number of rotatable bonds is 6. The van der Waals surface area contributed by atoms with Crippen LogP contribution in [0.1, 0.15) is 34.8 Å². The molecule has 0 aliphatic heterocycles. The topological polar surface area (TPSA) is 96.3 Å². The highest BCUT2D eigenvalue weighted by Crippen LogP contribution is 2.25. The van der Waals surface area contributed by atoms with Gasteiger partial charge in [-0.3, -0.25) is 9.36 Å². The van der Waals surface area contributed by atoms with Crippen LogP contribution in [0.3, 0.4) is 0 Å². The lowest BCUT2D eigenvalue weighted by molar-refractivity contribution is 0.0525. The van der Waals surface area contributed by atoms with E-state index in [-0.39, 0.29) is 22.7 Å². The van der Waals surface area contributed by atoms with Gasteiger partial charge in [-0.25, -0.2) is 14.2 Å². The number of nitrogens with zero attached hydrogens (tertiary/aromatic N) is 2. The first-order chi connectivity index (χ1) is 14.3. The molecule has 7 nitrogen and oxygen atoms in total. The third-order valence-corrected chi connectivity index (χ3v) is 5.36. The van der Waals surface area contributed by atoms with E-state index < -0.39 is 17.2 Å². The molecule has 158 valence electrons. The number of aromatic nitrogens is 2. The molecule has 2 aromatic carbocycles. The molecule has 8 heteroatoms. The molecule has 0 bridgehead atoms. The summed E-state index contributed by atoms with van der Waals surface area (Å²) < 4.78 is 7.75. The number of carbonyl (C=O) groups excluding carboxylic acids is 1. The van der Waals surface area contributed by atoms with Crippen LogP contribution in [0.4, 0.5) is 0 Å². The normalized spacial score (nSPS) is 11.1. The lowest BCUT2D eigenvalue weighted by atomic mass is 9.98. The van der Waals surface area contributed by atoms with E-state index in [0.29, 0.717) is 41.7 Å². The lowest BCUT2D eigenvalue weighted by Crippen LogP contribution is -2.40. The van der Waals surface area contributed by atoms with E-state index in [1.54, 1.807) is 51.1 Å². The molecule has 3 rings (SSSR count). The summed E-state index contributed by atoms with van der Waals surface area (Å²) in [5, 5.41) is 0.553. The second kappa shape index (κ2) is 8.85. The molecule has 0 aliphatic rings. The van der Waals surface area contributed by atoms with Gasteiger partial charge in [-0.15, -0.1) is 0 Å². The summed E-state index contributed by atoms with van der Waals surface area (Å²) in [5.41, 5.74) is 6.81. The molecule has 1 heterocycles. The molecule has 1 aromatic heterocycles. The second-order valence-electron chi connectivity index (χ2n) is 6.98. The van der Waals surface area contributed by atoms with E-state index in [4.69, 9.17) is 22.1 Å². The van der Waals surface area contributed by atoms with Gasteiger partial charge in [0.15, 0.2) is 0 Å². The summed E-state index contributed by atoms with van der Waals surface area (Å²) in [5.74, 6) is -0.502. The van der Waals surface area contributed by atoms with Crippen LogP contribution in [0.25, 0.3) is 16.6 Å². The molecule has 2 N–H and O–H groups in total. The maximum absolute atomic E-state index is 13.5. The number of esters is 1. The minimum atomic E-state index is -0.532. The first kappa shape index (κ1) is 21.8. The van der Waals surface area contributed by atoms with Gasteiger partial charge >= 0.3 is 11.7 Å². The van der Waals surface area contributed by atoms with Crippen molar-refractivity contribution in [2.45, 2.75) is 33.7 Å². The van der Waals surface area contributed by atoms with Crippen molar-refractivity contribution >= 4 is 28.5 Å². The van der Waals surface area contributed by atoms with Crippen molar-refractivity contribution in [3.8, 4) is 5.69 Å². The fourth-order valence-corrected chi connectivity index (χ4v) is 3.92. The molecule has 0 radical (unpaired) electrons. The Kier molecular flexibility index (Phi) is 6.43. The average molecular weight is 430 g/mol. The van der Waals surface area contributed by atoms with Crippen molar-refractivity contribution in [1.82, 2.24) is 9.13 Å². The van der Waals surface area contributed by atoms with Crippen LogP contribution in [-0.4, -0.2) is 28.3 Å². The summed E-state index contributed by atoms with van der Waals surface area (Å²) in [6.45, 7) is 6.11. The van der Waals surface area contributed by atoms with Gasteiger partial charge < -0.3 is 10.5 Å². The summed E-state index contributed by atoms with van der Waals surface area (Å²) >= 11 is 6.30. The molecule has 0 spiro atoms. The van der Waals surface area contributed by atoms with Crippen molar-refractivity contribution in [3.05, 3.63) is 72.9 Å². The van der Waals surface area contributed by atoms with Crippen LogP contribution in [0.2, 0.25) is 5.02 Å². The molecule has 0 unspecified atom stereocenters. The Morgan fingerprint density at radius 2 is 1.90 bits per heavy atom. The number of fused-ring (bicyclic) bond motifs is 1. The molecule has 0 saturated carbocycles. The predicted molar refractivity (Wildman–Crippen MR) is 118 cm³/mol. The summed E-state index contributed by atoms with van der Waals surface area (Å²) in [6, 6.07) is 8.33.